The van der Waals surface area contributed by atoms with Gasteiger partial charge < -0.3 is 24.4 Å². The van der Waals surface area contributed by atoms with Gasteiger partial charge in [-0.1, -0.05) is 25.7 Å². The van der Waals surface area contributed by atoms with Crippen molar-refractivity contribution in [1.82, 2.24) is 0 Å². The number of carbonyl (C=O) groups excluding carboxylic acids is 4. The van der Waals surface area contributed by atoms with Gasteiger partial charge in [0, 0.05) is 11.1 Å². The predicted molar refractivity (Wildman–Crippen MR) is 151 cm³/mol. The molecule has 0 heterocycles. The summed E-state index contributed by atoms with van der Waals surface area (Å²) in [7, 11) is 2.99. The molecular weight excluding hydrogens is 560 g/mol. The number of ketones is 2. The van der Waals surface area contributed by atoms with Gasteiger partial charge in [0.1, 0.15) is 29.0 Å². The summed E-state index contributed by atoms with van der Waals surface area (Å²) in [5, 5.41) is 22.6. The first-order chi connectivity index (χ1) is 20.6. The van der Waals surface area contributed by atoms with Gasteiger partial charge >= 0.3 is 11.9 Å². The van der Waals surface area contributed by atoms with Gasteiger partial charge in [-0.3, -0.25) is 24.2 Å². The maximum atomic E-state index is 13.2. The molecule has 0 saturated heterocycles. The van der Waals surface area contributed by atoms with E-state index in [1.165, 1.54) is 38.5 Å². The Balaban J connectivity index is 1.34. The van der Waals surface area contributed by atoms with E-state index in [2.05, 4.69) is 0 Å². The minimum Gasteiger partial charge on any atom is -0.497 e. The number of esters is 1. The van der Waals surface area contributed by atoms with Crippen LogP contribution in [0.1, 0.15) is 72.1 Å². The largest absolute Gasteiger partial charge is 0.497 e. The Hall–Kier alpha value is -4.22. The van der Waals surface area contributed by atoms with E-state index in [0.717, 1.165) is 12.5 Å². The monoisotopic (exact) mass is 596 g/mol. The molecule has 11 nitrogen and oxygen atoms in total. The highest BCUT2D eigenvalue weighted by Crippen LogP contribution is 2.39. The van der Waals surface area contributed by atoms with E-state index in [1.54, 1.807) is 24.3 Å². The second-order valence-electron chi connectivity index (χ2n) is 10.8. The molecule has 4 rings (SSSR count). The number of Topliss-reactive ketones (excluding diaryl/α,β-unsaturated/α-hetero) is 2. The third kappa shape index (κ3) is 6.89. The molecule has 2 aromatic rings. The minimum atomic E-state index is -1.98. The summed E-state index contributed by atoms with van der Waals surface area (Å²) >= 11 is 0. The molecule has 0 aliphatic heterocycles. The van der Waals surface area contributed by atoms with Crippen LogP contribution in [0.3, 0.4) is 0 Å². The molecule has 2 aliphatic carbocycles. The van der Waals surface area contributed by atoms with Crippen LogP contribution in [0.15, 0.2) is 61.1 Å². The first-order valence-electron chi connectivity index (χ1n) is 14.2. The first kappa shape index (κ1) is 31.7. The number of carbonyl (C=O) groups is 4. The number of rotatable bonds is 11. The Bertz CT molecular complexity index is 1330. The maximum Gasteiger partial charge on any atom is 0.361 e. The molecule has 11 heteroatoms. The normalized spacial score (nSPS) is 25.4. The molecule has 0 bridgehead atoms. The molecular formula is C32H36O11. The van der Waals surface area contributed by atoms with Crippen molar-refractivity contribution in [3.63, 3.8) is 0 Å². The van der Waals surface area contributed by atoms with E-state index < -0.39 is 46.5 Å². The third-order valence-electron chi connectivity index (χ3n) is 8.24. The number of aliphatic hydroxyl groups is 2. The zero-order chi connectivity index (χ0) is 31.0. The Morgan fingerprint density at radius 1 is 0.674 bits per heavy atom. The zero-order valence-electron chi connectivity index (χ0n) is 24.2. The second kappa shape index (κ2) is 13.8. The Morgan fingerprint density at radius 3 is 1.56 bits per heavy atom. The van der Waals surface area contributed by atoms with Crippen molar-refractivity contribution in [2.45, 2.75) is 62.6 Å². The fourth-order valence-electron chi connectivity index (χ4n) is 5.80. The molecule has 0 amide bonds. The lowest BCUT2D eigenvalue weighted by molar-refractivity contribution is -0.249. The summed E-state index contributed by atoms with van der Waals surface area (Å²) in [5.74, 6) is -4.20. The van der Waals surface area contributed by atoms with Gasteiger partial charge in [-0.05, 0) is 74.2 Å². The molecule has 43 heavy (non-hydrogen) atoms. The topological polar surface area (TPSA) is 155 Å². The maximum absolute atomic E-state index is 13.2. The van der Waals surface area contributed by atoms with Crippen LogP contribution in [0, 0.1) is 11.8 Å². The molecule has 4 atom stereocenters. The lowest BCUT2D eigenvalue weighted by Crippen LogP contribution is -2.51. The highest BCUT2D eigenvalue weighted by molar-refractivity contribution is 6.05. The van der Waals surface area contributed by atoms with Gasteiger partial charge in [-0.25, -0.2) is 4.79 Å². The lowest BCUT2D eigenvalue weighted by Gasteiger charge is -2.36. The fourth-order valence-corrected chi connectivity index (χ4v) is 5.80. The van der Waals surface area contributed by atoms with E-state index in [9.17, 15) is 29.4 Å². The van der Waals surface area contributed by atoms with Crippen LogP contribution >= 0.6 is 0 Å². The number of benzene rings is 2. The van der Waals surface area contributed by atoms with Crippen LogP contribution in [0.2, 0.25) is 0 Å². The Morgan fingerprint density at radius 2 is 1.12 bits per heavy atom. The van der Waals surface area contributed by atoms with Crippen LogP contribution in [0.5, 0.6) is 11.5 Å². The van der Waals surface area contributed by atoms with Crippen LogP contribution < -0.4 is 9.47 Å². The van der Waals surface area contributed by atoms with Crippen LogP contribution in [-0.4, -0.2) is 59.1 Å². The second-order valence-corrected chi connectivity index (χ2v) is 10.8. The molecule has 2 saturated carbocycles. The van der Waals surface area contributed by atoms with Crippen molar-refractivity contribution in [3.05, 3.63) is 72.2 Å². The van der Waals surface area contributed by atoms with Crippen LogP contribution in [0.25, 0.3) is 0 Å². The molecule has 4 unspecified atom stereocenters. The molecule has 2 aromatic carbocycles. The summed E-state index contributed by atoms with van der Waals surface area (Å²) in [4.78, 5) is 61.7. The molecule has 2 fully saturated rings. The number of ether oxygens (including phenoxy) is 3. The summed E-state index contributed by atoms with van der Waals surface area (Å²) in [5.41, 5.74) is -3.47. The first-order valence-corrected chi connectivity index (χ1v) is 14.2. The Kier molecular flexibility index (Phi) is 10.2. The summed E-state index contributed by atoms with van der Waals surface area (Å²) in [6.45, 7) is 0. The highest BCUT2D eigenvalue weighted by Gasteiger charge is 2.51. The molecule has 0 radical (unpaired) electrons. The SMILES string of the molecule is COc1ccc(C(=O)C2(O)CCCCC2C(=O)OC=COOC(=O)C2CCCCC2(O)C(=O)c2ccc(OC)cc2)cc1. The fraction of sp³-hybridized carbons (Fsp3) is 0.438. The third-order valence-corrected chi connectivity index (χ3v) is 8.24. The zero-order valence-corrected chi connectivity index (χ0v) is 24.2. The predicted octanol–water partition coefficient (Wildman–Crippen LogP) is 4.10. The van der Waals surface area contributed by atoms with Gasteiger partial charge in [-0.2, -0.15) is 0 Å². The Labute approximate surface area is 249 Å². The molecule has 230 valence electrons. The number of methoxy groups -OCH3 is 2. The average Bonchev–Trinajstić information content (AvgIpc) is 3.04. The molecule has 0 aromatic heterocycles. The van der Waals surface area contributed by atoms with Crippen LogP contribution in [-0.2, 0) is 24.1 Å². The highest BCUT2D eigenvalue weighted by atomic mass is 17.2. The number of hydrogen-bond donors (Lipinski definition) is 2. The standard InChI is InChI=1S/C32H36O11/c1-39-23-13-9-21(10-14-23)27(33)31(37)17-5-3-7-25(31)29(35)41-19-20-42-43-30(36)26-8-4-6-18-32(26,38)28(34)22-11-15-24(40-2)16-12-22/h9-16,19-20,25-26,37-38H,3-8,17-18H2,1-2H3. The quantitative estimate of drug-likeness (QED) is 0.127. The van der Waals surface area contributed by atoms with Crippen molar-refractivity contribution in [1.29, 1.82) is 0 Å². The van der Waals surface area contributed by atoms with Gasteiger partial charge in [0.2, 0.25) is 0 Å². The van der Waals surface area contributed by atoms with Gasteiger partial charge in [-0.15, -0.1) is 0 Å². The minimum absolute atomic E-state index is 0.0740. The number of hydrogen-bond acceptors (Lipinski definition) is 11. The summed E-state index contributed by atoms with van der Waals surface area (Å²) < 4.78 is 15.3. The van der Waals surface area contributed by atoms with E-state index in [0.29, 0.717) is 37.2 Å². The van der Waals surface area contributed by atoms with Crippen molar-refractivity contribution in [3.8, 4) is 11.5 Å². The average molecular weight is 597 g/mol. The van der Waals surface area contributed by atoms with Crippen molar-refractivity contribution >= 4 is 23.5 Å². The van der Waals surface area contributed by atoms with E-state index >= 15 is 0 Å². The smallest absolute Gasteiger partial charge is 0.361 e. The molecule has 2 aliphatic rings. The van der Waals surface area contributed by atoms with Crippen LogP contribution in [0.4, 0.5) is 0 Å². The summed E-state index contributed by atoms with van der Waals surface area (Å²) in [6, 6.07) is 12.4. The summed E-state index contributed by atoms with van der Waals surface area (Å²) in [6.07, 6.45) is 4.58. The van der Waals surface area contributed by atoms with Gasteiger partial charge in [0.05, 0.1) is 26.1 Å². The van der Waals surface area contributed by atoms with E-state index in [-0.39, 0.29) is 36.8 Å². The molecule has 0 spiro atoms. The van der Waals surface area contributed by atoms with Crippen molar-refractivity contribution in [2.24, 2.45) is 11.8 Å². The van der Waals surface area contributed by atoms with Gasteiger partial charge in [0.25, 0.3) is 0 Å². The van der Waals surface area contributed by atoms with Gasteiger partial charge in [0.15, 0.2) is 17.8 Å². The van der Waals surface area contributed by atoms with E-state index in [4.69, 9.17) is 24.0 Å². The van der Waals surface area contributed by atoms with Crippen molar-refractivity contribution in [2.75, 3.05) is 14.2 Å². The van der Waals surface area contributed by atoms with E-state index in [1.807, 2.05) is 0 Å². The molecule has 2 N–H and O–H groups in total. The lowest BCUT2D eigenvalue weighted by atomic mass is 9.71. The van der Waals surface area contributed by atoms with Crippen molar-refractivity contribution < 1.29 is 53.4 Å².